The second-order valence-corrected chi connectivity index (χ2v) is 9.83. The largest absolute Gasteiger partial charge is 0.416 e. The lowest BCUT2D eigenvalue weighted by molar-refractivity contribution is -0.138. The summed E-state index contributed by atoms with van der Waals surface area (Å²) in [6.45, 7) is 2.53. The molecule has 2 aliphatic rings. The highest BCUT2D eigenvalue weighted by Crippen LogP contribution is 2.35. The highest BCUT2D eigenvalue weighted by Gasteiger charge is 2.34. The second kappa shape index (κ2) is 11.0. The lowest BCUT2D eigenvalue weighted by Gasteiger charge is -2.36. The van der Waals surface area contributed by atoms with E-state index in [0.717, 1.165) is 24.3 Å². The zero-order valence-electron chi connectivity index (χ0n) is 21.6. The van der Waals surface area contributed by atoms with Crippen molar-refractivity contribution >= 4 is 17.4 Å². The predicted octanol–water partition coefficient (Wildman–Crippen LogP) is 4.85. The molecule has 214 valence electrons. The van der Waals surface area contributed by atoms with Crippen molar-refractivity contribution in [2.24, 2.45) is 0 Å². The number of hydrogen-bond acceptors (Lipinski definition) is 5. The van der Waals surface area contributed by atoms with Crippen molar-refractivity contribution in [2.75, 3.05) is 44.2 Å². The molecule has 41 heavy (non-hydrogen) atoms. The van der Waals surface area contributed by atoms with Gasteiger partial charge in [-0.05, 0) is 29.8 Å². The molecule has 1 amide bonds. The van der Waals surface area contributed by atoms with Gasteiger partial charge in [-0.2, -0.15) is 36.7 Å². The summed E-state index contributed by atoms with van der Waals surface area (Å²) in [5, 5.41) is 13.8. The first kappa shape index (κ1) is 28.4. The van der Waals surface area contributed by atoms with Crippen molar-refractivity contribution in [3.8, 4) is 6.07 Å². The molecule has 1 saturated heterocycles. The Balaban J connectivity index is 1.25. The zero-order chi connectivity index (χ0) is 29.4. The number of aromatic nitrogens is 2. The molecule has 0 atom stereocenters. The average molecular weight is 575 g/mol. The van der Waals surface area contributed by atoms with Gasteiger partial charge in [0.2, 0.25) is 5.91 Å². The first-order chi connectivity index (χ1) is 19.4. The highest BCUT2D eigenvalue weighted by atomic mass is 19.4. The van der Waals surface area contributed by atoms with Crippen LogP contribution in [0.15, 0.2) is 60.8 Å². The SMILES string of the molecule is N#Cc1cnn2c1N(C(=O)CN1CCN(Cc3cccc(C(F)(F)F)c3)CC1)CC=C2c1cccc(C(F)(F)F)c1. The van der Waals surface area contributed by atoms with Crippen LogP contribution in [0.2, 0.25) is 0 Å². The summed E-state index contributed by atoms with van der Waals surface area (Å²) in [6.07, 6.45) is -6.07. The van der Waals surface area contributed by atoms with E-state index < -0.39 is 23.5 Å². The second-order valence-electron chi connectivity index (χ2n) is 9.83. The van der Waals surface area contributed by atoms with Crippen LogP contribution < -0.4 is 4.90 Å². The van der Waals surface area contributed by atoms with Gasteiger partial charge in [-0.1, -0.05) is 30.3 Å². The first-order valence-corrected chi connectivity index (χ1v) is 12.7. The Morgan fingerprint density at radius 3 is 2.20 bits per heavy atom. The van der Waals surface area contributed by atoms with Gasteiger partial charge in [-0.15, -0.1) is 0 Å². The maximum atomic E-state index is 13.4. The lowest BCUT2D eigenvalue weighted by atomic mass is 10.1. The monoisotopic (exact) mass is 574 g/mol. The molecule has 0 N–H and O–H groups in total. The van der Waals surface area contributed by atoms with E-state index >= 15 is 0 Å². The van der Waals surface area contributed by atoms with Crippen LogP contribution in [0.5, 0.6) is 0 Å². The smallest absolute Gasteiger partial charge is 0.297 e. The van der Waals surface area contributed by atoms with Gasteiger partial charge in [0.25, 0.3) is 0 Å². The minimum absolute atomic E-state index is 0.0280. The molecule has 2 aliphatic heterocycles. The Hall–Kier alpha value is -4.15. The molecule has 0 aliphatic carbocycles. The van der Waals surface area contributed by atoms with Crippen molar-refractivity contribution < 1.29 is 31.1 Å². The van der Waals surface area contributed by atoms with E-state index in [9.17, 15) is 36.4 Å². The van der Waals surface area contributed by atoms with Crippen LogP contribution >= 0.6 is 0 Å². The van der Waals surface area contributed by atoms with E-state index in [0.29, 0.717) is 44.0 Å². The van der Waals surface area contributed by atoms with Crippen molar-refractivity contribution in [2.45, 2.75) is 18.9 Å². The van der Waals surface area contributed by atoms with Crippen molar-refractivity contribution in [3.63, 3.8) is 0 Å². The molecule has 2 aromatic carbocycles. The number of rotatable bonds is 5. The maximum absolute atomic E-state index is 13.4. The Bertz CT molecular complexity index is 1510. The van der Waals surface area contributed by atoms with Crippen LogP contribution in [0, 0.1) is 11.3 Å². The molecular weight excluding hydrogens is 550 g/mol. The molecule has 1 fully saturated rings. The van der Waals surface area contributed by atoms with Crippen molar-refractivity contribution in [1.82, 2.24) is 19.6 Å². The van der Waals surface area contributed by atoms with Gasteiger partial charge in [-0.3, -0.25) is 19.5 Å². The standard InChI is InChI=1S/C28H24F6N6O/c29-27(30,31)22-5-1-3-19(13-22)17-37-9-11-38(12-10-37)18-25(41)39-8-7-24(40-26(39)21(15-35)16-36-40)20-4-2-6-23(14-20)28(32,33)34/h1-7,13-14,16H,8-12,17-18H2. The van der Waals surface area contributed by atoms with Gasteiger partial charge in [0.15, 0.2) is 5.82 Å². The summed E-state index contributed by atoms with van der Waals surface area (Å²) >= 11 is 0. The van der Waals surface area contributed by atoms with E-state index in [-0.39, 0.29) is 35.9 Å². The molecule has 1 aromatic heterocycles. The minimum Gasteiger partial charge on any atom is -0.297 e. The summed E-state index contributed by atoms with van der Waals surface area (Å²) in [4.78, 5) is 18.7. The molecule has 0 saturated carbocycles. The fraction of sp³-hybridized carbons (Fsp3) is 0.321. The Labute approximate surface area is 231 Å². The van der Waals surface area contributed by atoms with E-state index in [1.807, 2.05) is 15.9 Å². The quantitative estimate of drug-likeness (QED) is 0.408. The molecule has 0 spiro atoms. The van der Waals surface area contributed by atoms with Crippen molar-refractivity contribution in [1.29, 1.82) is 5.26 Å². The number of amides is 1. The number of piperazine rings is 1. The predicted molar refractivity (Wildman–Crippen MR) is 137 cm³/mol. The highest BCUT2D eigenvalue weighted by molar-refractivity contribution is 5.97. The number of benzene rings is 2. The van der Waals surface area contributed by atoms with Crippen LogP contribution in [0.25, 0.3) is 5.70 Å². The van der Waals surface area contributed by atoms with Crippen LogP contribution in [0.4, 0.5) is 32.2 Å². The lowest BCUT2D eigenvalue weighted by Crippen LogP contribution is -2.50. The Kier molecular flexibility index (Phi) is 7.63. The van der Waals surface area contributed by atoms with E-state index in [4.69, 9.17) is 0 Å². The van der Waals surface area contributed by atoms with Gasteiger partial charge in [0.05, 0.1) is 29.6 Å². The number of anilines is 1. The molecule has 0 radical (unpaired) electrons. The van der Waals surface area contributed by atoms with Crippen LogP contribution in [-0.2, 0) is 23.7 Å². The maximum Gasteiger partial charge on any atom is 0.416 e. The van der Waals surface area contributed by atoms with Crippen LogP contribution in [0.1, 0.15) is 27.8 Å². The first-order valence-electron chi connectivity index (χ1n) is 12.7. The fourth-order valence-corrected chi connectivity index (χ4v) is 5.01. The third-order valence-corrected chi connectivity index (χ3v) is 7.09. The number of carbonyl (C=O) groups excluding carboxylic acids is 1. The molecule has 13 heteroatoms. The average Bonchev–Trinajstić information content (AvgIpc) is 3.37. The summed E-state index contributed by atoms with van der Waals surface area (Å²) in [5.74, 6) is -0.121. The normalized spacial score (nSPS) is 16.7. The number of halogens is 6. The minimum atomic E-state index is -4.53. The third kappa shape index (κ3) is 6.13. The number of fused-ring (bicyclic) bond motifs is 1. The van der Waals surface area contributed by atoms with Gasteiger partial charge in [-0.25, -0.2) is 4.68 Å². The number of alkyl halides is 6. The molecule has 0 unspecified atom stereocenters. The zero-order valence-corrected chi connectivity index (χ0v) is 21.6. The summed E-state index contributed by atoms with van der Waals surface area (Å²) in [7, 11) is 0. The van der Waals surface area contributed by atoms with Gasteiger partial charge in [0, 0.05) is 44.8 Å². The number of carbonyl (C=O) groups is 1. The topological polar surface area (TPSA) is 68.4 Å². The molecule has 0 bridgehead atoms. The van der Waals surface area contributed by atoms with Gasteiger partial charge in [0.1, 0.15) is 11.6 Å². The van der Waals surface area contributed by atoms with Crippen molar-refractivity contribution in [3.05, 3.63) is 88.6 Å². The summed E-state index contributed by atoms with van der Waals surface area (Å²) in [5.41, 5.74) is -0.268. The van der Waals surface area contributed by atoms with Gasteiger partial charge >= 0.3 is 12.4 Å². The van der Waals surface area contributed by atoms with E-state index in [1.54, 1.807) is 12.1 Å². The Morgan fingerprint density at radius 1 is 0.902 bits per heavy atom. The summed E-state index contributed by atoms with van der Waals surface area (Å²) < 4.78 is 80.3. The van der Waals surface area contributed by atoms with Gasteiger partial charge < -0.3 is 0 Å². The summed E-state index contributed by atoms with van der Waals surface area (Å²) in [6, 6.07) is 12.0. The molecular formula is C28H24F6N6O. The molecule has 7 nitrogen and oxygen atoms in total. The van der Waals surface area contributed by atoms with Crippen LogP contribution in [0.3, 0.4) is 0 Å². The molecule has 3 aromatic rings. The third-order valence-electron chi connectivity index (χ3n) is 7.09. The Morgan fingerprint density at radius 2 is 1.54 bits per heavy atom. The van der Waals surface area contributed by atoms with E-state index in [2.05, 4.69) is 5.10 Å². The molecule has 5 rings (SSSR count). The number of hydrogen-bond donors (Lipinski definition) is 0. The van der Waals surface area contributed by atoms with E-state index in [1.165, 1.54) is 34.0 Å². The number of nitrogens with zero attached hydrogens (tertiary/aromatic N) is 6. The number of nitriles is 1. The molecule has 3 heterocycles. The van der Waals surface area contributed by atoms with Crippen LogP contribution in [-0.4, -0.2) is 64.8 Å². The fourth-order valence-electron chi connectivity index (χ4n) is 5.01.